The van der Waals surface area contributed by atoms with Crippen LogP contribution in [0, 0.1) is 0 Å². The van der Waals surface area contributed by atoms with Crippen LogP contribution in [0.4, 0.5) is 0 Å². The summed E-state index contributed by atoms with van der Waals surface area (Å²) in [6.07, 6.45) is -3.12. The quantitative estimate of drug-likeness (QED) is 0.504. The van der Waals surface area contributed by atoms with E-state index in [0.717, 1.165) is 6.29 Å². The van der Waals surface area contributed by atoms with Crippen LogP contribution in [0.15, 0.2) is 0 Å². The molecule has 0 aliphatic carbocycles. The summed E-state index contributed by atoms with van der Waals surface area (Å²) < 4.78 is 5.26. The molecule has 0 aromatic carbocycles. The van der Waals surface area contributed by atoms with Crippen molar-refractivity contribution in [2.45, 2.75) is 50.3 Å². The maximum Gasteiger partial charge on any atom is 0.120 e. The number of hydrogen-bond acceptors (Lipinski definition) is 5. The summed E-state index contributed by atoms with van der Waals surface area (Å²) in [6, 6.07) is 0. The summed E-state index contributed by atoms with van der Waals surface area (Å²) in [5.74, 6) is 0. The molecule has 5 nitrogen and oxygen atoms in total. The summed E-state index contributed by atoms with van der Waals surface area (Å²) in [4.78, 5) is 10.1. The van der Waals surface area contributed by atoms with E-state index >= 15 is 0 Å². The van der Waals surface area contributed by atoms with Crippen molar-refractivity contribution in [1.82, 2.24) is 0 Å². The topological polar surface area (TPSA) is 87.0 Å². The molecule has 0 aromatic heterocycles. The molecule has 82 valence electrons. The standard InChI is InChI=1S/C9H16O5/c1-5-7(11)9(13)8(12)6(14-5)3-2-4-10/h4-9,11-13H,2-3H2,1H3. The third-order valence-electron chi connectivity index (χ3n) is 2.52. The molecule has 1 aliphatic rings. The predicted octanol–water partition coefficient (Wildman–Crippen LogP) is -1.16. The van der Waals surface area contributed by atoms with Crippen molar-refractivity contribution in [3.63, 3.8) is 0 Å². The van der Waals surface area contributed by atoms with Gasteiger partial charge in [0.25, 0.3) is 0 Å². The minimum Gasteiger partial charge on any atom is -0.388 e. The molecule has 5 unspecified atom stereocenters. The Morgan fingerprint density at radius 3 is 2.43 bits per heavy atom. The van der Waals surface area contributed by atoms with Gasteiger partial charge >= 0.3 is 0 Å². The van der Waals surface area contributed by atoms with E-state index in [9.17, 15) is 20.1 Å². The van der Waals surface area contributed by atoms with Gasteiger partial charge in [-0.1, -0.05) is 0 Å². The lowest BCUT2D eigenvalue weighted by atomic mass is 9.93. The number of carbonyl (C=O) groups is 1. The summed E-state index contributed by atoms with van der Waals surface area (Å²) >= 11 is 0. The highest BCUT2D eigenvalue weighted by Gasteiger charge is 2.41. The second-order valence-corrected chi connectivity index (χ2v) is 3.60. The Morgan fingerprint density at radius 2 is 1.86 bits per heavy atom. The van der Waals surface area contributed by atoms with Crippen molar-refractivity contribution in [1.29, 1.82) is 0 Å². The van der Waals surface area contributed by atoms with E-state index in [2.05, 4.69) is 0 Å². The smallest absolute Gasteiger partial charge is 0.120 e. The van der Waals surface area contributed by atoms with Gasteiger partial charge < -0.3 is 24.9 Å². The van der Waals surface area contributed by atoms with Crippen LogP contribution in [0.3, 0.4) is 0 Å². The zero-order valence-electron chi connectivity index (χ0n) is 8.04. The molecule has 1 saturated heterocycles. The lowest BCUT2D eigenvalue weighted by Crippen LogP contribution is -2.56. The summed E-state index contributed by atoms with van der Waals surface area (Å²) in [5.41, 5.74) is 0. The van der Waals surface area contributed by atoms with Gasteiger partial charge in [-0.05, 0) is 13.3 Å². The van der Waals surface area contributed by atoms with Gasteiger partial charge in [0.05, 0.1) is 12.2 Å². The van der Waals surface area contributed by atoms with Crippen molar-refractivity contribution in [2.75, 3.05) is 0 Å². The molecule has 5 heteroatoms. The molecule has 0 spiro atoms. The van der Waals surface area contributed by atoms with E-state index < -0.39 is 30.5 Å². The number of aliphatic hydroxyl groups is 3. The van der Waals surface area contributed by atoms with Crippen LogP contribution in [-0.4, -0.2) is 52.1 Å². The van der Waals surface area contributed by atoms with Crippen LogP contribution in [0.25, 0.3) is 0 Å². The molecule has 1 fully saturated rings. The Kier molecular flexibility index (Phi) is 4.00. The van der Waals surface area contributed by atoms with Gasteiger partial charge in [0, 0.05) is 6.42 Å². The van der Waals surface area contributed by atoms with E-state index in [4.69, 9.17) is 4.74 Å². The zero-order chi connectivity index (χ0) is 10.7. The molecule has 0 aromatic rings. The molecule has 0 amide bonds. The lowest BCUT2D eigenvalue weighted by Gasteiger charge is -2.39. The maximum absolute atomic E-state index is 10.1. The Labute approximate surface area is 82.3 Å². The number of hydrogen-bond donors (Lipinski definition) is 3. The first-order chi connectivity index (χ1) is 6.57. The van der Waals surface area contributed by atoms with Crippen LogP contribution in [0.2, 0.25) is 0 Å². The molecular formula is C9H16O5. The lowest BCUT2D eigenvalue weighted by molar-refractivity contribution is -0.218. The first-order valence-electron chi connectivity index (χ1n) is 4.71. The average molecular weight is 204 g/mol. The molecule has 1 aliphatic heterocycles. The molecule has 1 heterocycles. The van der Waals surface area contributed by atoms with E-state index in [1.807, 2.05) is 0 Å². The summed E-state index contributed by atoms with van der Waals surface area (Å²) in [5, 5.41) is 28.3. The van der Waals surface area contributed by atoms with Gasteiger partial charge in [-0.25, -0.2) is 0 Å². The Hall–Kier alpha value is -0.490. The Bertz CT molecular complexity index is 196. The van der Waals surface area contributed by atoms with Gasteiger partial charge in [0.15, 0.2) is 0 Å². The number of aldehydes is 1. The zero-order valence-corrected chi connectivity index (χ0v) is 8.04. The number of rotatable bonds is 3. The summed E-state index contributed by atoms with van der Waals surface area (Å²) in [7, 11) is 0. The van der Waals surface area contributed by atoms with Gasteiger partial charge in [0.2, 0.25) is 0 Å². The molecular weight excluding hydrogens is 188 g/mol. The first kappa shape index (κ1) is 11.6. The number of carbonyl (C=O) groups excluding carboxylic acids is 1. The van der Waals surface area contributed by atoms with Crippen LogP contribution < -0.4 is 0 Å². The molecule has 5 atom stereocenters. The van der Waals surface area contributed by atoms with Crippen LogP contribution in [0.5, 0.6) is 0 Å². The monoisotopic (exact) mass is 204 g/mol. The van der Waals surface area contributed by atoms with Crippen molar-refractivity contribution in [3.8, 4) is 0 Å². The van der Waals surface area contributed by atoms with E-state index in [0.29, 0.717) is 6.42 Å². The fraction of sp³-hybridized carbons (Fsp3) is 0.889. The van der Waals surface area contributed by atoms with Crippen molar-refractivity contribution < 1.29 is 24.9 Å². The normalized spacial score (nSPS) is 43.6. The second-order valence-electron chi connectivity index (χ2n) is 3.60. The van der Waals surface area contributed by atoms with E-state index in [1.54, 1.807) is 6.92 Å². The van der Waals surface area contributed by atoms with E-state index in [1.165, 1.54) is 0 Å². The molecule has 14 heavy (non-hydrogen) atoms. The number of ether oxygens (including phenoxy) is 1. The first-order valence-corrected chi connectivity index (χ1v) is 4.71. The Balaban J connectivity index is 2.55. The number of aliphatic hydroxyl groups excluding tert-OH is 3. The average Bonchev–Trinajstić information content (AvgIpc) is 2.18. The molecule has 0 radical (unpaired) electrons. The van der Waals surface area contributed by atoms with Crippen molar-refractivity contribution in [3.05, 3.63) is 0 Å². The fourth-order valence-electron chi connectivity index (χ4n) is 1.61. The molecule has 1 rings (SSSR count). The van der Waals surface area contributed by atoms with Crippen molar-refractivity contribution >= 4 is 6.29 Å². The van der Waals surface area contributed by atoms with Gasteiger partial charge in [-0.3, -0.25) is 0 Å². The second kappa shape index (κ2) is 4.84. The molecule has 0 bridgehead atoms. The van der Waals surface area contributed by atoms with Gasteiger partial charge in [-0.2, -0.15) is 0 Å². The highest BCUT2D eigenvalue weighted by molar-refractivity contribution is 5.49. The van der Waals surface area contributed by atoms with Crippen LogP contribution in [-0.2, 0) is 9.53 Å². The highest BCUT2D eigenvalue weighted by Crippen LogP contribution is 2.23. The third-order valence-corrected chi connectivity index (χ3v) is 2.52. The fourth-order valence-corrected chi connectivity index (χ4v) is 1.61. The minimum absolute atomic E-state index is 0.275. The van der Waals surface area contributed by atoms with Crippen LogP contribution in [0.1, 0.15) is 19.8 Å². The minimum atomic E-state index is -1.20. The Morgan fingerprint density at radius 1 is 1.21 bits per heavy atom. The third kappa shape index (κ3) is 2.30. The molecule has 0 saturated carbocycles. The van der Waals surface area contributed by atoms with Gasteiger partial charge in [0.1, 0.15) is 24.6 Å². The van der Waals surface area contributed by atoms with Crippen LogP contribution >= 0.6 is 0 Å². The predicted molar refractivity (Wildman–Crippen MR) is 47.7 cm³/mol. The maximum atomic E-state index is 10.1. The van der Waals surface area contributed by atoms with Crippen molar-refractivity contribution in [2.24, 2.45) is 0 Å². The SMILES string of the molecule is CC1OC(CCC=O)C(O)C(O)C1O. The largest absolute Gasteiger partial charge is 0.388 e. The molecule has 3 N–H and O–H groups in total. The van der Waals surface area contributed by atoms with E-state index in [-0.39, 0.29) is 6.42 Å². The van der Waals surface area contributed by atoms with Gasteiger partial charge in [-0.15, -0.1) is 0 Å². The highest BCUT2D eigenvalue weighted by atomic mass is 16.5. The summed E-state index contributed by atoms with van der Waals surface area (Å²) in [6.45, 7) is 1.62.